The Morgan fingerprint density at radius 3 is 2.40 bits per heavy atom. The van der Waals surface area contributed by atoms with Gasteiger partial charge in [0.2, 0.25) is 0 Å². The van der Waals surface area contributed by atoms with Gasteiger partial charge in [-0.3, -0.25) is 0 Å². The summed E-state index contributed by atoms with van der Waals surface area (Å²) < 4.78 is 18.2. The van der Waals surface area contributed by atoms with E-state index in [0.29, 0.717) is 32.5 Å². The van der Waals surface area contributed by atoms with Crippen LogP contribution in [-0.2, 0) is 0 Å². The van der Waals surface area contributed by atoms with E-state index < -0.39 is 6.10 Å². The van der Waals surface area contributed by atoms with E-state index in [2.05, 4.69) is 0 Å². The number of benzene rings is 2. The van der Waals surface area contributed by atoms with Gasteiger partial charge in [0.05, 0.1) is 17.2 Å². The van der Waals surface area contributed by atoms with Gasteiger partial charge < -0.3 is 9.84 Å². The summed E-state index contributed by atoms with van der Waals surface area (Å²) in [5, 5.41) is 11.1. The maximum Gasteiger partial charge on any atom is 0.138 e. The van der Waals surface area contributed by atoms with E-state index in [4.69, 9.17) is 27.9 Å². The molecule has 0 aliphatic rings. The Labute approximate surface area is 126 Å². The summed E-state index contributed by atoms with van der Waals surface area (Å²) in [7, 11) is 1.48. The third-order valence-corrected chi connectivity index (χ3v) is 3.71. The van der Waals surface area contributed by atoms with Gasteiger partial charge in [0, 0.05) is 11.6 Å². The first-order valence-corrected chi connectivity index (χ1v) is 6.66. The fourth-order valence-corrected chi connectivity index (χ4v) is 2.53. The molecule has 0 saturated heterocycles. The van der Waals surface area contributed by atoms with Crippen LogP contribution < -0.4 is 4.74 Å². The highest BCUT2D eigenvalue weighted by Crippen LogP contribution is 2.36. The largest absolute Gasteiger partial charge is 0.495 e. The first-order valence-electron chi connectivity index (χ1n) is 5.91. The van der Waals surface area contributed by atoms with Gasteiger partial charge in [0.1, 0.15) is 17.7 Å². The molecule has 1 unspecified atom stereocenters. The lowest BCUT2D eigenvalue weighted by molar-refractivity contribution is 0.219. The molecule has 5 heteroatoms. The normalized spacial score (nSPS) is 12.3. The highest BCUT2D eigenvalue weighted by Gasteiger charge is 2.18. The second-order valence-corrected chi connectivity index (χ2v) is 5.23. The number of rotatable bonds is 3. The number of ether oxygens (including phenoxy) is 1. The number of aryl methyl sites for hydroxylation is 1. The number of aliphatic hydroxyl groups excluding tert-OH is 1. The van der Waals surface area contributed by atoms with E-state index in [1.807, 2.05) is 0 Å². The van der Waals surface area contributed by atoms with E-state index in [9.17, 15) is 9.50 Å². The van der Waals surface area contributed by atoms with Crippen molar-refractivity contribution >= 4 is 23.2 Å². The van der Waals surface area contributed by atoms with Crippen molar-refractivity contribution in [3.63, 3.8) is 0 Å². The third-order valence-electron chi connectivity index (χ3n) is 3.09. The predicted molar refractivity (Wildman–Crippen MR) is 78.2 cm³/mol. The topological polar surface area (TPSA) is 29.5 Å². The van der Waals surface area contributed by atoms with Crippen molar-refractivity contribution in [2.45, 2.75) is 13.0 Å². The molecule has 1 atom stereocenters. The van der Waals surface area contributed by atoms with Crippen molar-refractivity contribution in [3.05, 3.63) is 62.9 Å². The fourth-order valence-electron chi connectivity index (χ4n) is 2.02. The van der Waals surface area contributed by atoms with E-state index in [1.54, 1.807) is 19.1 Å². The van der Waals surface area contributed by atoms with Gasteiger partial charge in [-0.25, -0.2) is 4.39 Å². The molecule has 0 heterocycles. The Morgan fingerprint density at radius 2 is 1.80 bits per heavy atom. The standard InChI is InChI=1S/C15H13Cl2FO2/c1-8-5-9(18)3-4-10(8)15(19)11-6-13(17)14(20-2)7-12(11)16/h3-7,15,19H,1-2H3. The summed E-state index contributed by atoms with van der Waals surface area (Å²) in [6.07, 6.45) is -0.980. The lowest BCUT2D eigenvalue weighted by atomic mass is 9.97. The van der Waals surface area contributed by atoms with Gasteiger partial charge in [0.15, 0.2) is 0 Å². The number of aliphatic hydroxyl groups is 1. The minimum absolute atomic E-state index is 0.336. The quantitative estimate of drug-likeness (QED) is 0.901. The monoisotopic (exact) mass is 314 g/mol. The van der Waals surface area contributed by atoms with Crippen LogP contribution in [0.15, 0.2) is 30.3 Å². The SMILES string of the molecule is COc1cc(Cl)c(C(O)c2ccc(F)cc2C)cc1Cl. The second-order valence-electron chi connectivity index (χ2n) is 4.41. The zero-order valence-corrected chi connectivity index (χ0v) is 12.5. The third kappa shape index (κ3) is 2.90. The van der Waals surface area contributed by atoms with E-state index in [0.717, 1.165) is 0 Å². The Morgan fingerprint density at radius 1 is 1.10 bits per heavy atom. The average molecular weight is 315 g/mol. The molecule has 0 fully saturated rings. The van der Waals surface area contributed by atoms with Gasteiger partial charge >= 0.3 is 0 Å². The molecule has 2 rings (SSSR count). The molecule has 0 radical (unpaired) electrons. The predicted octanol–water partition coefficient (Wildman–Crippen LogP) is 4.53. The van der Waals surface area contributed by atoms with Crippen LogP contribution in [0, 0.1) is 12.7 Å². The zero-order chi connectivity index (χ0) is 14.9. The molecular weight excluding hydrogens is 302 g/mol. The van der Waals surface area contributed by atoms with Crippen LogP contribution in [0.4, 0.5) is 4.39 Å². The molecule has 0 bridgehead atoms. The molecule has 0 aromatic heterocycles. The molecule has 0 saturated carbocycles. The summed E-state index contributed by atoms with van der Waals surface area (Å²) in [6.45, 7) is 1.72. The molecule has 2 aromatic rings. The number of halogens is 3. The molecule has 106 valence electrons. The highest BCUT2D eigenvalue weighted by molar-refractivity contribution is 6.34. The van der Waals surface area contributed by atoms with Crippen LogP contribution in [-0.4, -0.2) is 12.2 Å². The van der Waals surface area contributed by atoms with E-state index in [1.165, 1.54) is 25.3 Å². The summed E-state index contributed by atoms with van der Waals surface area (Å²) in [4.78, 5) is 0. The highest BCUT2D eigenvalue weighted by atomic mass is 35.5. The Bertz CT molecular complexity index is 644. The lowest BCUT2D eigenvalue weighted by Gasteiger charge is -2.17. The summed E-state index contributed by atoms with van der Waals surface area (Å²) in [6, 6.07) is 7.28. The van der Waals surface area contributed by atoms with Gasteiger partial charge in [0.25, 0.3) is 0 Å². The second kappa shape index (κ2) is 6.00. The van der Waals surface area contributed by atoms with Crippen LogP contribution in [0.1, 0.15) is 22.8 Å². The molecule has 0 aliphatic heterocycles. The minimum Gasteiger partial charge on any atom is -0.495 e. The Balaban J connectivity index is 2.48. The first-order chi connectivity index (χ1) is 9.43. The maximum absolute atomic E-state index is 13.1. The van der Waals surface area contributed by atoms with E-state index in [-0.39, 0.29) is 5.82 Å². The molecule has 0 spiro atoms. The average Bonchev–Trinajstić information content (AvgIpc) is 2.40. The van der Waals surface area contributed by atoms with Crippen LogP contribution >= 0.6 is 23.2 Å². The number of methoxy groups -OCH3 is 1. The van der Waals surface area contributed by atoms with Gasteiger partial charge in [-0.1, -0.05) is 29.3 Å². The fraction of sp³-hybridized carbons (Fsp3) is 0.200. The van der Waals surface area contributed by atoms with Crippen LogP contribution in [0.3, 0.4) is 0 Å². The maximum atomic E-state index is 13.1. The Kier molecular flexibility index (Phi) is 4.53. The molecule has 2 nitrogen and oxygen atoms in total. The molecule has 0 aliphatic carbocycles. The molecule has 1 N–H and O–H groups in total. The van der Waals surface area contributed by atoms with Crippen LogP contribution in [0.5, 0.6) is 5.75 Å². The van der Waals surface area contributed by atoms with Crippen molar-refractivity contribution in [1.29, 1.82) is 0 Å². The number of hydrogen-bond acceptors (Lipinski definition) is 2. The molecular formula is C15H13Cl2FO2. The van der Waals surface area contributed by atoms with Crippen molar-refractivity contribution in [3.8, 4) is 5.75 Å². The lowest BCUT2D eigenvalue weighted by Crippen LogP contribution is -2.04. The van der Waals surface area contributed by atoms with Crippen molar-refractivity contribution in [1.82, 2.24) is 0 Å². The summed E-state index contributed by atoms with van der Waals surface area (Å²) in [5.74, 6) is 0.0840. The van der Waals surface area contributed by atoms with Crippen molar-refractivity contribution in [2.24, 2.45) is 0 Å². The number of hydrogen-bond donors (Lipinski definition) is 1. The van der Waals surface area contributed by atoms with Crippen molar-refractivity contribution in [2.75, 3.05) is 7.11 Å². The minimum atomic E-state index is -0.980. The van der Waals surface area contributed by atoms with E-state index >= 15 is 0 Å². The molecule has 20 heavy (non-hydrogen) atoms. The van der Waals surface area contributed by atoms with Gasteiger partial charge in [-0.2, -0.15) is 0 Å². The van der Waals surface area contributed by atoms with Crippen molar-refractivity contribution < 1.29 is 14.2 Å². The van der Waals surface area contributed by atoms with Gasteiger partial charge in [-0.05, 0) is 36.2 Å². The summed E-state index contributed by atoms with van der Waals surface area (Å²) in [5.41, 5.74) is 1.67. The smallest absolute Gasteiger partial charge is 0.138 e. The van der Waals surface area contributed by atoms with Gasteiger partial charge in [-0.15, -0.1) is 0 Å². The molecule has 0 amide bonds. The van der Waals surface area contributed by atoms with Crippen LogP contribution in [0.2, 0.25) is 10.0 Å². The summed E-state index contributed by atoms with van der Waals surface area (Å²) >= 11 is 12.2. The van der Waals surface area contributed by atoms with Crippen LogP contribution in [0.25, 0.3) is 0 Å². The Hall–Kier alpha value is -1.29. The molecule has 2 aromatic carbocycles. The first kappa shape index (κ1) is 15.1. The zero-order valence-electron chi connectivity index (χ0n) is 11.0.